The molecule has 0 aliphatic heterocycles. The summed E-state index contributed by atoms with van der Waals surface area (Å²) in [6.45, 7) is 4.60. The van der Waals surface area contributed by atoms with E-state index < -0.39 is 0 Å². The third-order valence-electron chi connectivity index (χ3n) is 4.19. The highest BCUT2D eigenvalue weighted by atomic mass is 79.9. The van der Waals surface area contributed by atoms with Gasteiger partial charge in [0.25, 0.3) is 5.91 Å². The quantitative estimate of drug-likeness (QED) is 0.599. The van der Waals surface area contributed by atoms with Crippen molar-refractivity contribution >= 4 is 21.8 Å². The van der Waals surface area contributed by atoms with Gasteiger partial charge in [-0.05, 0) is 67.6 Å². The molecule has 0 aliphatic carbocycles. The lowest BCUT2D eigenvalue weighted by atomic mass is 10.1. The molecule has 0 aliphatic rings. The molecular formula is C21H26BrNO4. The van der Waals surface area contributed by atoms with Crippen LogP contribution >= 0.6 is 15.9 Å². The van der Waals surface area contributed by atoms with Crippen LogP contribution in [0.1, 0.15) is 23.1 Å². The number of carbonyl (C=O) groups is 1. The monoisotopic (exact) mass is 435 g/mol. The van der Waals surface area contributed by atoms with Crippen LogP contribution in [0.2, 0.25) is 0 Å². The van der Waals surface area contributed by atoms with Crippen molar-refractivity contribution in [2.75, 3.05) is 27.4 Å². The van der Waals surface area contributed by atoms with Crippen molar-refractivity contribution in [3.8, 4) is 17.2 Å². The number of ether oxygens (including phenoxy) is 3. The third-order valence-corrected chi connectivity index (χ3v) is 5.44. The lowest BCUT2D eigenvalue weighted by Crippen LogP contribution is -2.29. The van der Waals surface area contributed by atoms with Crippen molar-refractivity contribution in [2.45, 2.75) is 26.7 Å². The average Bonchev–Trinajstić information content (AvgIpc) is 2.67. The van der Waals surface area contributed by atoms with E-state index in [1.807, 2.05) is 44.2 Å². The Hall–Kier alpha value is -2.21. The summed E-state index contributed by atoms with van der Waals surface area (Å²) >= 11 is 3.52. The zero-order valence-corrected chi connectivity index (χ0v) is 17.8. The number of benzene rings is 2. The highest BCUT2D eigenvalue weighted by Crippen LogP contribution is 2.28. The second-order valence-corrected chi connectivity index (χ2v) is 7.10. The number of nitrogens with one attached hydrogen (secondary N) is 1. The highest BCUT2D eigenvalue weighted by Gasteiger charge is 2.07. The van der Waals surface area contributed by atoms with Crippen molar-refractivity contribution < 1.29 is 19.0 Å². The van der Waals surface area contributed by atoms with E-state index in [0.29, 0.717) is 23.8 Å². The van der Waals surface area contributed by atoms with Gasteiger partial charge < -0.3 is 19.5 Å². The molecule has 1 amide bonds. The van der Waals surface area contributed by atoms with Crippen LogP contribution in [0, 0.1) is 13.8 Å². The largest absolute Gasteiger partial charge is 0.493 e. The van der Waals surface area contributed by atoms with E-state index in [4.69, 9.17) is 14.2 Å². The fraction of sp³-hybridized carbons (Fsp3) is 0.381. The van der Waals surface area contributed by atoms with E-state index in [2.05, 4.69) is 21.2 Å². The van der Waals surface area contributed by atoms with Gasteiger partial charge in [-0.25, -0.2) is 0 Å². The Labute approximate surface area is 169 Å². The van der Waals surface area contributed by atoms with Crippen LogP contribution in [-0.2, 0) is 11.2 Å². The van der Waals surface area contributed by atoms with Gasteiger partial charge in [0.15, 0.2) is 18.1 Å². The average molecular weight is 436 g/mol. The lowest BCUT2D eigenvalue weighted by molar-refractivity contribution is -0.123. The summed E-state index contributed by atoms with van der Waals surface area (Å²) in [7, 11) is 3.24. The maximum atomic E-state index is 12.0. The van der Waals surface area contributed by atoms with Crippen LogP contribution in [0.3, 0.4) is 0 Å². The summed E-state index contributed by atoms with van der Waals surface area (Å²) in [4.78, 5) is 12.0. The van der Waals surface area contributed by atoms with Gasteiger partial charge in [-0.3, -0.25) is 4.79 Å². The van der Waals surface area contributed by atoms with Gasteiger partial charge in [-0.1, -0.05) is 22.0 Å². The molecule has 2 aromatic rings. The number of aryl methyl sites for hydroxylation is 3. The minimum Gasteiger partial charge on any atom is -0.493 e. The molecule has 0 atom stereocenters. The van der Waals surface area contributed by atoms with E-state index in [1.165, 1.54) is 0 Å². The Morgan fingerprint density at radius 3 is 2.33 bits per heavy atom. The Morgan fingerprint density at radius 1 is 1.04 bits per heavy atom. The molecule has 0 fully saturated rings. The molecule has 0 radical (unpaired) electrons. The number of rotatable bonds is 9. The molecule has 27 heavy (non-hydrogen) atoms. The molecule has 6 heteroatoms. The maximum absolute atomic E-state index is 12.0. The molecule has 0 bridgehead atoms. The van der Waals surface area contributed by atoms with E-state index >= 15 is 0 Å². The summed E-state index contributed by atoms with van der Waals surface area (Å²) in [6.07, 6.45) is 1.67. The first kappa shape index (κ1) is 21.1. The molecule has 0 heterocycles. The van der Waals surface area contributed by atoms with Crippen LogP contribution in [-0.4, -0.2) is 33.3 Å². The molecule has 0 unspecified atom stereocenters. The number of hydrogen-bond donors (Lipinski definition) is 1. The van der Waals surface area contributed by atoms with Gasteiger partial charge in [0.1, 0.15) is 5.75 Å². The zero-order valence-electron chi connectivity index (χ0n) is 16.2. The first-order valence-electron chi connectivity index (χ1n) is 8.81. The second kappa shape index (κ2) is 10.2. The fourth-order valence-electron chi connectivity index (χ4n) is 2.75. The standard InChI is InChI=1S/C21H26BrNO4/c1-14-10-17(11-15(2)21(14)22)27-13-20(24)23-9-5-6-16-7-8-18(25-3)19(12-16)26-4/h7-8,10-12H,5-6,9,13H2,1-4H3,(H,23,24). The molecule has 1 N–H and O–H groups in total. The van der Waals surface area contributed by atoms with Crippen molar-refractivity contribution in [1.29, 1.82) is 0 Å². The van der Waals surface area contributed by atoms with Crippen molar-refractivity contribution in [3.63, 3.8) is 0 Å². The Balaban J connectivity index is 1.73. The Bertz CT molecular complexity index is 769. The predicted octanol–water partition coefficient (Wildman–Crippen LogP) is 4.21. The normalized spacial score (nSPS) is 10.4. The highest BCUT2D eigenvalue weighted by molar-refractivity contribution is 9.10. The molecule has 5 nitrogen and oxygen atoms in total. The van der Waals surface area contributed by atoms with Crippen LogP contribution in [0.4, 0.5) is 0 Å². The first-order valence-corrected chi connectivity index (χ1v) is 9.61. The fourth-order valence-corrected chi connectivity index (χ4v) is 2.97. The molecule has 0 saturated heterocycles. The summed E-state index contributed by atoms with van der Waals surface area (Å²) < 4.78 is 17.2. The van der Waals surface area contributed by atoms with Gasteiger partial charge >= 0.3 is 0 Å². The summed E-state index contributed by atoms with van der Waals surface area (Å²) in [5, 5.41) is 2.89. The van der Waals surface area contributed by atoms with Crippen LogP contribution < -0.4 is 19.5 Å². The Morgan fingerprint density at radius 2 is 1.70 bits per heavy atom. The number of amides is 1. The second-order valence-electron chi connectivity index (χ2n) is 6.30. The molecule has 0 aromatic heterocycles. The van der Waals surface area contributed by atoms with Crippen LogP contribution in [0.25, 0.3) is 0 Å². The number of methoxy groups -OCH3 is 2. The number of hydrogen-bond acceptors (Lipinski definition) is 4. The van der Waals surface area contributed by atoms with E-state index in [1.54, 1.807) is 14.2 Å². The number of carbonyl (C=O) groups excluding carboxylic acids is 1. The summed E-state index contributed by atoms with van der Waals surface area (Å²) in [5.74, 6) is 2.01. The summed E-state index contributed by atoms with van der Waals surface area (Å²) in [5.41, 5.74) is 3.31. The minimum absolute atomic E-state index is 0.0108. The number of halogens is 1. The molecule has 0 spiro atoms. The van der Waals surface area contributed by atoms with Crippen LogP contribution in [0.5, 0.6) is 17.2 Å². The van der Waals surface area contributed by atoms with E-state index in [-0.39, 0.29) is 12.5 Å². The van der Waals surface area contributed by atoms with Gasteiger partial charge in [0.05, 0.1) is 14.2 Å². The maximum Gasteiger partial charge on any atom is 0.257 e. The zero-order chi connectivity index (χ0) is 19.8. The third kappa shape index (κ3) is 6.17. The molecule has 146 valence electrons. The Kier molecular flexibility index (Phi) is 7.98. The summed E-state index contributed by atoms with van der Waals surface area (Å²) in [6, 6.07) is 9.69. The smallest absolute Gasteiger partial charge is 0.257 e. The SMILES string of the molecule is COc1ccc(CCCNC(=O)COc2cc(C)c(Br)c(C)c2)cc1OC. The van der Waals surface area contributed by atoms with Crippen molar-refractivity contribution in [1.82, 2.24) is 5.32 Å². The van der Waals surface area contributed by atoms with Crippen molar-refractivity contribution in [2.24, 2.45) is 0 Å². The lowest BCUT2D eigenvalue weighted by Gasteiger charge is -2.11. The molecule has 0 saturated carbocycles. The van der Waals surface area contributed by atoms with Gasteiger partial charge in [0, 0.05) is 11.0 Å². The molecule has 2 rings (SSSR count). The predicted molar refractivity (Wildman–Crippen MR) is 110 cm³/mol. The van der Waals surface area contributed by atoms with Crippen LogP contribution in [0.15, 0.2) is 34.8 Å². The van der Waals surface area contributed by atoms with E-state index in [9.17, 15) is 4.79 Å². The van der Waals surface area contributed by atoms with E-state index in [0.717, 1.165) is 34.0 Å². The van der Waals surface area contributed by atoms with Crippen molar-refractivity contribution in [3.05, 3.63) is 51.5 Å². The van der Waals surface area contributed by atoms with Gasteiger partial charge in [-0.15, -0.1) is 0 Å². The molecular weight excluding hydrogens is 410 g/mol. The first-order chi connectivity index (χ1) is 12.9. The van der Waals surface area contributed by atoms with Gasteiger partial charge in [-0.2, -0.15) is 0 Å². The minimum atomic E-state index is -0.125. The van der Waals surface area contributed by atoms with Gasteiger partial charge in [0.2, 0.25) is 0 Å². The molecule has 2 aromatic carbocycles. The topological polar surface area (TPSA) is 56.8 Å².